The number of carbonyl (C=O) groups is 1. The third kappa shape index (κ3) is 4.88. The Morgan fingerprint density at radius 1 is 1.00 bits per heavy atom. The van der Waals surface area contributed by atoms with Crippen LogP contribution in [0.25, 0.3) is 16.7 Å². The van der Waals surface area contributed by atoms with Gasteiger partial charge in [0.15, 0.2) is 5.82 Å². The molecule has 0 bridgehead atoms. The third-order valence-corrected chi connectivity index (χ3v) is 5.74. The first kappa shape index (κ1) is 23.3. The highest BCUT2D eigenvalue weighted by molar-refractivity contribution is 5.91. The normalized spacial score (nSPS) is 11.0. The lowest BCUT2D eigenvalue weighted by molar-refractivity contribution is -0.116. The van der Waals surface area contributed by atoms with Gasteiger partial charge in [0.1, 0.15) is 22.8 Å². The lowest BCUT2D eigenvalue weighted by atomic mass is 10.1. The van der Waals surface area contributed by atoms with Gasteiger partial charge in [-0.05, 0) is 62.9 Å². The number of methoxy groups -OCH3 is 1. The number of carbonyl (C=O) groups excluding carboxylic acids is 1. The summed E-state index contributed by atoms with van der Waals surface area (Å²) in [4.78, 5) is 17.5. The Bertz CT molecular complexity index is 1320. The fourth-order valence-corrected chi connectivity index (χ4v) is 4.05. The number of nitrogens with zero attached hydrogens (tertiary/aromatic N) is 3. The van der Waals surface area contributed by atoms with E-state index in [1.165, 1.54) is 0 Å². The van der Waals surface area contributed by atoms with Crippen LogP contribution < -0.4 is 14.8 Å². The molecule has 0 saturated carbocycles. The van der Waals surface area contributed by atoms with Crippen LogP contribution in [0.2, 0.25) is 0 Å². The highest BCUT2D eigenvalue weighted by Gasteiger charge is 2.15. The van der Waals surface area contributed by atoms with Gasteiger partial charge in [0.2, 0.25) is 5.91 Å². The zero-order valence-electron chi connectivity index (χ0n) is 20.3. The van der Waals surface area contributed by atoms with Crippen LogP contribution in [0.15, 0.2) is 48.5 Å². The van der Waals surface area contributed by atoms with E-state index in [1.807, 2.05) is 76.2 Å². The van der Waals surface area contributed by atoms with Crippen molar-refractivity contribution in [3.63, 3.8) is 0 Å². The Hall–Kier alpha value is -3.87. The minimum absolute atomic E-state index is 0.0960. The largest absolute Gasteiger partial charge is 0.494 e. The van der Waals surface area contributed by atoms with E-state index < -0.39 is 0 Å². The molecule has 176 valence electrons. The number of nitrogens with one attached hydrogen (secondary N) is 1. The Labute approximate surface area is 199 Å². The summed E-state index contributed by atoms with van der Waals surface area (Å²) in [6, 6.07) is 15.7. The fraction of sp³-hybridized carbons (Fsp3) is 0.296. The third-order valence-electron chi connectivity index (χ3n) is 5.74. The number of para-hydroxylation sites is 2. The molecular weight excluding hydrogens is 428 g/mol. The summed E-state index contributed by atoms with van der Waals surface area (Å²) in [5, 5.41) is 8.56. The first-order chi connectivity index (χ1) is 16.4. The molecule has 0 aliphatic heterocycles. The van der Waals surface area contributed by atoms with E-state index in [4.69, 9.17) is 14.5 Å². The van der Waals surface area contributed by atoms with Gasteiger partial charge < -0.3 is 14.8 Å². The van der Waals surface area contributed by atoms with Crippen molar-refractivity contribution in [1.82, 2.24) is 14.8 Å². The topological polar surface area (TPSA) is 78.3 Å². The SMILES string of the molecule is COc1cccc2c(C)cc(-n3nc(C)cc3NC(=O)CCCOc3c(C)cccc3C)nc12. The van der Waals surface area contributed by atoms with Crippen molar-refractivity contribution in [2.45, 2.75) is 40.5 Å². The van der Waals surface area contributed by atoms with Gasteiger partial charge in [-0.25, -0.2) is 4.98 Å². The number of hydrogen-bond donors (Lipinski definition) is 1. The van der Waals surface area contributed by atoms with Gasteiger partial charge in [-0.1, -0.05) is 30.3 Å². The number of fused-ring (bicyclic) bond motifs is 1. The molecule has 0 aliphatic rings. The monoisotopic (exact) mass is 458 g/mol. The quantitative estimate of drug-likeness (QED) is 0.355. The first-order valence-electron chi connectivity index (χ1n) is 11.4. The van der Waals surface area contributed by atoms with Crippen LogP contribution in [0.1, 0.15) is 35.2 Å². The molecule has 0 fully saturated rings. The van der Waals surface area contributed by atoms with E-state index in [1.54, 1.807) is 11.8 Å². The first-order valence-corrected chi connectivity index (χ1v) is 11.4. The summed E-state index contributed by atoms with van der Waals surface area (Å²) < 4.78 is 13.1. The molecule has 34 heavy (non-hydrogen) atoms. The number of aromatic nitrogens is 3. The van der Waals surface area contributed by atoms with Crippen LogP contribution in [0.3, 0.4) is 0 Å². The molecule has 0 unspecified atom stereocenters. The maximum atomic E-state index is 12.7. The van der Waals surface area contributed by atoms with E-state index in [0.29, 0.717) is 36.8 Å². The van der Waals surface area contributed by atoms with Crippen molar-refractivity contribution in [3.8, 4) is 17.3 Å². The van der Waals surface area contributed by atoms with Crippen molar-refractivity contribution in [3.05, 3.63) is 70.9 Å². The lowest BCUT2D eigenvalue weighted by Crippen LogP contribution is -2.16. The zero-order valence-corrected chi connectivity index (χ0v) is 20.3. The summed E-state index contributed by atoms with van der Waals surface area (Å²) >= 11 is 0. The van der Waals surface area contributed by atoms with Crippen LogP contribution in [0, 0.1) is 27.7 Å². The van der Waals surface area contributed by atoms with Gasteiger partial charge in [-0.2, -0.15) is 9.78 Å². The maximum Gasteiger partial charge on any atom is 0.225 e. The predicted octanol–water partition coefficient (Wildman–Crippen LogP) is 5.46. The molecule has 0 atom stereocenters. The number of anilines is 1. The number of hydrogen-bond acceptors (Lipinski definition) is 5. The molecule has 0 spiro atoms. The van der Waals surface area contributed by atoms with Crippen LogP contribution in [-0.2, 0) is 4.79 Å². The van der Waals surface area contributed by atoms with Crippen molar-refractivity contribution in [1.29, 1.82) is 0 Å². The van der Waals surface area contributed by atoms with Gasteiger partial charge >= 0.3 is 0 Å². The fourth-order valence-electron chi connectivity index (χ4n) is 4.05. The van der Waals surface area contributed by atoms with Gasteiger partial charge in [-0.15, -0.1) is 0 Å². The minimum atomic E-state index is -0.0960. The van der Waals surface area contributed by atoms with Crippen LogP contribution in [-0.4, -0.2) is 34.4 Å². The Balaban J connectivity index is 1.47. The number of benzene rings is 2. The van der Waals surface area contributed by atoms with Crippen LogP contribution in [0.4, 0.5) is 5.82 Å². The molecule has 0 saturated heterocycles. The Kier molecular flexibility index (Phi) is 6.82. The second kappa shape index (κ2) is 9.95. The molecule has 4 rings (SSSR count). The minimum Gasteiger partial charge on any atom is -0.494 e. The average molecular weight is 459 g/mol. The number of ether oxygens (including phenoxy) is 2. The molecule has 1 amide bonds. The summed E-state index contributed by atoms with van der Waals surface area (Å²) in [6.07, 6.45) is 0.949. The van der Waals surface area contributed by atoms with Crippen LogP contribution >= 0.6 is 0 Å². The molecule has 1 N–H and O–H groups in total. The highest BCUT2D eigenvalue weighted by atomic mass is 16.5. The van der Waals surface area contributed by atoms with Crippen molar-refractivity contribution >= 4 is 22.6 Å². The Morgan fingerprint density at radius 2 is 1.74 bits per heavy atom. The average Bonchev–Trinajstić information content (AvgIpc) is 3.17. The van der Waals surface area contributed by atoms with Crippen molar-refractivity contribution in [2.24, 2.45) is 0 Å². The van der Waals surface area contributed by atoms with E-state index in [2.05, 4.69) is 10.4 Å². The summed E-state index contributed by atoms with van der Waals surface area (Å²) in [6.45, 7) is 8.44. The number of rotatable bonds is 8. The van der Waals surface area contributed by atoms with Gasteiger partial charge in [0.25, 0.3) is 0 Å². The molecule has 0 aliphatic carbocycles. The van der Waals surface area contributed by atoms with E-state index in [-0.39, 0.29) is 5.91 Å². The van der Waals surface area contributed by atoms with E-state index >= 15 is 0 Å². The van der Waals surface area contributed by atoms with Crippen molar-refractivity contribution < 1.29 is 14.3 Å². The van der Waals surface area contributed by atoms with E-state index in [9.17, 15) is 4.79 Å². The molecule has 7 nitrogen and oxygen atoms in total. The van der Waals surface area contributed by atoms with Crippen molar-refractivity contribution in [2.75, 3.05) is 19.0 Å². The Morgan fingerprint density at radius 3 is 2.47 bits per heavy atom. The molecule has 2 aromatic heterocycles. The molecule has 0 radical (unpaired) electrons. The van der Waals surface area contributed by atoms with E-state index in [0.717, 1.165) is 39.0 Å². The molecule has 2 aromatic carbocycles. The molecular formula is C27H30N4O3. The zero-order chi connectivity index (χ0) is 24.2. The standard InChI is InChI=1S/C27H30N4O3/c1-17-9-6-10-18(2)27(17)34-14-8-13-25(32)28-24-16-20(4)30-31(24)23-15-19(3)21-11-7-12-22(33-5)26(21)29-23/h6-7,9-12,15-16H,8,13-14H2,1-5H3,(H,28,32). The molecule has 4 aromatic rings. The smallest absolute Gasteiger partial charge is 0.225 e. The van der Waals surface area contributed by atoms with Gasteiger partial charge in [0, 0.05) is 17.9 Å². The van der Waals surface area contributed by atoms with Gasteiger partial charge in [-0.3, -0.25) is 4.79 Å². The maximum absolute atomic E-state index is 12.7. The summed E-state index contributed by atoms with van der Waals surface area (Å²) in [5.41, 5.74) is 4.78. The lowest BCUT2D eigenvalue weighted by Gasteiger charge is -2.13. The summed E-state index contributed by atoms with van der Waals surface area (Å²) in [5.74, 6) is 2.70. The molecule has 7 heteroatoms. The molecule has 2 heterocycles. The summed E-state index contributed by atoms with van der Waals surface area (Å²) in [7, 11) is 1.63. The van der Waals surface area contributed by atoms with Crippen LogP contribution in [0.5, 0.6) is 11.5 Å². The van der Waals surface area contributed by atoms with Gasteiger partial charge in [0.05, 0.1) is 19.4 Å². The number of amides is 1. The number of pyridine rings is 1. The number of aryl methyl sites for hydroxylation is 4. The predicted molar refractivity (Wildman–Crippen MR) is 134 cm³/mol. The highest BCUT2D eigenvalue weighted by Crippen LogP contribution is 2.28. The second-order valence-electron chi connectivity index (χ2n) is 8.46. The second-order valence-corrected chi connectivity index (χ2v) is 8.46.